The van der Waals surface area contributed by atoms with Crippen LogP contribution in [0.3, 0.4) is 0 Å². The minimum absolute atomic E-state index is 0.197. The predicted octanol–water partition coefficient (Wildman–Crippen LogP) is -0.106. The van der Waals surface area contributed by atoms with Crippen LogP contribution in [0.2, 0.25) is 0 Å². The smallest absolute Gasteiger partial charge is 0.255 e. The molecule has 0 saturated carbocycles. The Morgan fingerprint density at radius 1 is 1.70 bits per heavy atom. The maximum absolute atomic E-state index is 8.56. The normalized spacial score (nSPS) is 10.2. The number of aromatic nitrogens is 2. The lowest BCUT2D eigenvalue weighted by atomic mass is 10.7. The standard InChI is InChI=1S/C6H11N2OS/c1-10-8-3-2-7(6-8)4-5-9/h2-3,6,9H,4-5H2,1H3/q+1. The highest BCUT2D eigenvalue weighted by atomic mass is 32.2. The van der Waals surface area contributed by atoms with Crippen molar-refractivity contribution in [2.75, 3.05) is 12.9 Å². The first-order valence-electron chi connectivity index (χ1n) is 3.09. The van der Waals surface area contributed by atoms with Crippen molar-refractivity contribution in [2.45, 2.75) is 6.54 Å². The molecular weight excluding hydrogens is 148 g/mol. The molecule has 1 aromatic heterocycles. The largest absolute Gasteiger partial charge is 0.392 e. The van der Waals surface area contributed by atoms with Crippen molar-refractivity contribution in [3.63, 3.8) is 0 Å². The van der Waals surface area contributed by atoms with Gasteiger partial charge in [0.15, 0.2) is 0 Å². The molecule has 0 unspecified atom stereocenters. The fourth-order valence-electron chi connectivity index (χ4n) is 0.730. The van der Waals surface area contributed by atoms with Crippen molar-refractivity contribution in [3.8, 4) is 0 Å². The highest BCUT2D eigenvalue weighted by Gasteiger charge is 1.99. The van der Waals surface area contributed by atoms with E-state index < -0.39 is 0 Å². The molecule has 1 N–H and O–H groups in total. The summed E-state index contributed by atoms with van der Waals surface area (Å²) >= 11 is 1.63. The van der Waals surface area contributed by atoms with Gasteiger partial charge in [0, 0.05) is 6.26 Å². The minimum Gasteiger partial charge on any atom is -0.392 e. The van der Waals surface area contributed by atoms with E-state index in [1.54, 1.807) is 11.9 Å². The average molecular weight is 159 g/mol. The predicted molar refractivity (Wildman–Crippen MR) is 40.6 cm³/mol. The van der Waals surface area contributed by atoms with Gasteiger partial charge in [-0.05, 0) is 0 Å². The van der Waals surface area contributed by atoms with E-state index in [2.05, 4.69) is 0 Å². The minimum atomic E-state index is 0.197. The number of hydrogen-bond acceptors (Lipinski definition) is 2. The fourth-order valence-corrected chi connectivity index (χ4v) is 1.12. The monoisotopic (exact) mass is 159 g/mol. The van der Waals surface area contributed by atoms with E-state index in [0.29, 0.717) is 6.54 Å². The van der Waals surface area contributed by atoms with Crippen LogP contribution in [-0.4, -0.2) is 21.9 Å². The lowest BCUT2D eigenvalue weighted by molar-refractivity contribution is -0.697. The molecule has 0 fully saturated rings. The fraction of sp³-hybridized carbons (Fsp3) is 0.500. The second-order valence-corrected chi connectivity index (χ2v) is 2.70. The van der Waals surface area contributed by atoms with E-state index >= 15 is 0 Å². The second-order valence-electron chi connectivity index (χ2n) is 1.92. The summed E-state index contributed by atoms with van der Waals surface area (Å²) in [4.78, 5) is 0. The maximum atomic E-state index is 8.56. The van der Waals surface area contributed by atoms with Gasteiger partial charge < -0.3 is 5.11 Å². The van der Waals surface area contributed by atoms with Crippen LogP contribution < -0.4 is 4.57 Å². The van der Waals surface area contributed by atoms with Crippen LogP contribution in [0, 0.1) is 0 Å². The van der Waals surface area contributed by atoms with Gasteiger partial charge >= 0.3 is 0 Å². The Morgan fingerprint density at radius 3 is 3.00 bits per heavy atom. The lowest BCUT2D eigenvalue weighted by Crippen LogP contribution is -2.32. The van der Waals surface area contributed by atoms with E-state index in [4.69, 9.17) is 5.11 Å². The van der Waals surface area contributed by atoms with Gasteiger partial charge in [0.25, 0.3) is 6.33 Å². The van der Waals surface area contributed by atoms with Crippen molar-refractivity contribution < 1.29 is 9.67 Å². The molecule has 0 saturated heterocycles. The molecule has 10 heavy (non-hydrogen) atoms. The zero-order valence-corrected chi connectivity index (χ0v) is 6.71. The molecule has 0 radical (unpaired) electrons. The summed E-state index contributed by atoms with van der Waals surface area (Å²) in [6.45, 7) is 0.872. The SMILES string of the molecule is CSn1cc[n+](CCO)c1. The van der Waals surface area contributed by atoms with Crippen molar-refractivity contribution in [3.05, 3.63) is 18.7 Å². The summed E-state index contributed by atoms with van der Waals surface area (Å²) in [6.07, 6.45) is 7.84. The Labute approximate surface area is 64.4 Å². The van der Waals surface area contributed by atoms with E-state index in [9.17, 15) is 0 Å². The van der Waals surface area contributed by atoms with Gasteiger partial charge in [0.2, 0.25) is 0 Å². The Bertz CT molecular complexity index is 199. The first-order chi connectivity index (χ1) is 4.86. The van der Waals surface area contributed by atoms with E-state index in [0.717, 1.165) is 0 Å². The molecule has 0 atom stereocenters. The van der Waals surface area contributed by atoms with Crippen LogP contribution in [0.4, 0.5) is 0 Å². The molecule has 1 rings (SSSR count). The molecule has 0 amide bonds. The van der Waals surface area contributed by atoms with Crippen molar-refractivity contribution in [1.82, 2.24) is 3.97 Å². The molecule has 0 aliphatic heterocycles. The number of hydrogen-bond donors (Lipinski definition) is 1. The van der Waals surface area contributed by atoms with Crippen molar-refractivity contribution in [2.24, 2.45) is 0 Å². The molecule has 0 bridgehead atoms. The molecule has 1 heterocycles. The lowest BCUT2D eigenvalue weighted by Gasteiger charge is -1.87. The first-order valence-corrected chi connectivity index (χ1v) is 4.27. The number of aliphatic hydroxyl groups excluding tert-OH is 1. The molecular formula is C6H11N2OS+. The Balaban J connectivity index is 2.59. The maximum Gasteiger partial charge on any atom is 0.255 e. The third-order valence-corrected chi connectivity index (χ3v) is 1.87. The first kappa shape index (κ1) is 7.63. The Hall–Kier alpha value is -0.480. The molecule has 4 heteroatoms. The van der Waals surface area contributed by atoms with E-state index in [1.165, 1.54) is 0 Å². The van der Waals surface area contributed by atoms with Gasteiger partial charge in [-0.15, -0.1) is 0 Å². The number of nitrogens with zero attached hydrogens (tertiary/aromatic N) is 2. The number of aliphatic hydroxyl groups is 1. The average Bonchev–Trinajstić information content (AvgIpc) is 2.37. The summed E-state index contributed by atoms with van der Waals surface area (Å²) in [5, 5.41) is 8.56. The second kappa shape index (κ2) is 3.63. The van der Waals surface area contributed by atoms with Crippen LogP contribution >= 0.6 is 11.9 Å². The topological polar surface area (TPSA) is 29.0 Å². The highest BCUT2D eigenvalue weighted by molar-refractivity contribution is 7.97. The number of rotatable bonds is 3. The molecule has 1 aromatic rings. The van der Waals surface area contributed by atoms with Gasteiger partial charge in [0.1, 0.15) is 18.9 Å². The summed E-state index contributed by atoms with van der Waals surface area (Å²) in [6, 6.07) is 0. The molecule has 0 aliphatic carbocycles. The van der Waals surface area contributed by atoms with Crippen LogP contribution in [-0.2, 0) is 6.54 Å². The van der Waals surface area contributed by atoms with Crippen LogP contribution in [0.15, 0.2) is 18.7 Å². The zero-order chi connectivity index (χ0) is 7.40. The third kappa shape index (κ3) is 1.75. The summed E-state index contributed by atoms with van der Waals surface area (Å²) in [5.74, 6) is 0. The Morgan fingerprint density at radius 2 is 2.50 bits per heavy atom. The van der Waals surface area contributed by atoms with Gasteiger partial charge in [-0.25, -0.2) is 4.57 Å². The molecule has 0 aliphatic rings. The highest BCUT2D eigenvalue weighted by Crippen LogP contribution is 1.95. The number of imidazole rings is 1. The van der Waals surface area contributed by atoms with E-state index in [1.807, 2.05) is 33.5 Å². The van der Waals surface area contributed by atoms with Gasteiger partial charge in [-0.1, -0.05) is 0 Å². The summed E-state index contributed by atoms with van der Waals surface area (Å²) < 4.78 is 3.92. The Kier molecular flexibility index (Phi) is 2.77. The van der Waals surface area contributed by atoms with Gasteiger partial charge in [0.05, 0.1) is 18.6 Å². The summed E-state index contributed by atoms with van der Waals surface area (Å²) in [7, 11) is 0. The molecule has 56 valence electrons. The third-order valence-electron chi connectivity index (χ3n) is 1.24. The quantitative estimate of drug-likeness (QED) is 0.624. The van der Waals surface area contributed by atoms with Gasteiger partial charge in [-0.3, -0.25) is 0 Å². The van der Waals surface area contributed by atoms with Gasteiger partial charge in [-0.2, -0.15) is 3.97 Å². The van der Waals surface area contributed by atoms with E-state index in [-0.39, 0.29) is 6.61 Å². The molecule has 3 nitrogen and oxygen atoms in total. The summed E-state index contributed by atoms with van der Waals surface area (Å²) in [5.41, 5.74) is 0. The van der Waals surface area contributed by atoms with Crippen LogP contribution in [0.5, 0.6) is 0 Å². The van der Waals surface area contributed by atoms with Crippen LogP contribution in [0.1, 0.15) is 0 Å². The van der Waals surface area contributed by atoms with Crippen molar-refractivity contribution in [1.29, 1.82) is 0 Å². The molecule has 0 aromatic carbocycles. The van der Waals surface area contributed by atoms with Crippen LogP contribution in [0.25, 0.3) is 0 Å². The zero-order valence-electron chi connectivity index (χ0n) is 5.90. The van der Waals surface area contributed by atoms with Crippen molar-refractivity contribution >= 4 is 11.9 Å². The molecule has 0 spiro atoms.